The van der Waals surface area contributed by atoms with Gasteiger partial charge in [0.2, 0.25) is 0 Å². The van der Waals surface area contributed by atoms with E-state index in [1.165, 1.54) is 0 Å². The maximum absolute atomic E-state index is 11.2. The predicted octanol–water partition coefficient (Wildman–Crippen LogP) is 1.48. The van der Waals surface area contributed by atoms with Gasteiger partial charge < -0.3 is 10.5 Å². The van der Waals surface area contributed by atoms with Gasteiger partial charge in [-0.05, 0) is 27.2 Å². The number of alkyl halides is 1. The first-order valence-corrected chi connectivity index (χ1v) is 5.44. The van der Waals surface area contributed by atoms with Crippen molar-refractivity contribution in [1.29, 1.82) is 0 Å². The smallest absolute Gasteiger partial charge is 0.323 e. The van der Waals surface area contributed by atoms with Crippen molar-refractivity contribution in [3.05, 3.63) is 0 Å². The molecule has 12 heavy (non-hydrogen) atoms. The van der Waals surface area contributed by atoms with Crippen LogP contribution in [0.4, 0.5) is 0 Å². The number of rotatable bonds is 3. The van der Waals surface area contributed by atoms with Crippen LogP contribution in [0.2, 0.25) is 0 Å². The Kier molecular flexibility index (Phi) is 5.08. The zero-order chi connectivity index (χ0) is 9.78. The van der Waals surface area contributed by atoms with Gasteiger partial charge in [0.25, 0.3) is 0 Å². The predicted molar refractivity (Wildman–Crippen MR) is 57.3 cm³/mol. The number of carbonyl (C=O) groups excluding carboxylic acids is 1. The highest BCUT2D eigenvalue weighted by Crippen LogP contribution is 2.09. The summed E-state index contributed by atoms with van der Waals surface area (Å²) in [6.45, 7) is 5.50. The van der Waals surface area contributed by atoms with Crippen LogP contribution in [0.1, 0.15) is 27.2 Å². The van der Waals surface area contributed by atoms with E-state index in [-0.39, 0.29) is 5.97 Å². The van der Waals surface area contributed by atoms with E-state index in [0.29, 0.717) is 6.42 Å². The molecule has 0 radical (unpaired) electrons. The van der Waals surface area contributed by atoms with Crippen LogP contribution >= 0.6 is 22.6 Å². The molecule has 0 unspecified atom stereocenters. The SMILES string of the molecule is CC(C)(C)OC(=O)[C@@H](N)CCI. The third-order valence-corrected chi connectivity index (χ3v) is 1.75. The Morgan fingerprint density at radius 2 is 2.08 bits per heavy atom. The van der Waals surface area contributed by atoms with Crippen LogP contribution in [0.15, 0.2) is 0 Å². The Labute approximate surface area is 87.2 Å². The van der Waals surface area contributed by atoms with Crippen molar-refractivity contribution in [3.63, 3.8) is 0 Å². The molecule has 2 N–H and O–H groups in total. The summed E-state index contributed by atoms with van der Waals surface area (Å²) in [6.07, 6.45) is 0.676. The van der Waals surface area contributed by atoms with Crippen LogP contribution in [0.5, 0.6) is 0 Å². The molecule has 0 aliphatic carbocycles. The zero-order valence-electron chi connectivity index (χ0n) is 7.76. The van der Waals surface area contributed by atoms with E-state index < -0.39 is 11.6 Å². The fraction of sp³-hybridized carbons (Fsp3) is 0.875. The molecule has 0 aliphatic heterocycles. The normalized spacial score (nSPS) is 14.1. The zero-order valence-corrected chi connectivity index (χ0v) is 9.92. The minimum absolute atomic E-state index is 0.306. The number of nitrogens with two attached hydrogens (primary N) is 1. The van der Waals surface area contributed by atoms with Gasteiger partial charge in [-0.3, -0.25) is 4.79 Å². The summed E-state index contributed by atoms with van der Waals surface area (Å²) in [7, 11) is 0. The van der Waals surface area contributed by atoms with Gasteiger partial charge in [0.15, 0.2) is 0 Å². The lowest BCUT2D eigenvalue weighted by Gasteiger charge is -2.21. The first-order chi connectivity index (χ1) is 5.37. The lowest BCUT2D eigenvalue weighted by molar-refractivity contribution is -0.156. The summed E-state index contributed by atoms with van der Waals surface area (Å²) in [4.78, 5) is 11.2. The molecule has 0 bridgehead atoms. The van der Waals surface area contributed by atoms with Crippen molar-refractivity contribution in [3.8, 4) is 0 Å². The second kappa shape index (κ2) is 5.01. The second-order valence-electron chi connectivity index (χ2n) is 3.62. The fourth-order valence-corrected chi connectivity index (χ4v) is 1.28. The van der Waals surface area contributed by atoms with Crippen LogP contribution in [0.25, 0.3) is 0 Å². The molecular formula is C8H16INO2. The Morgan fingerprint density at radius 1 is 1.58 bits per heavy atom. The molecular weight excluding hydrogens is 269 g/mol. The summed E-state index contributed by atoms with van der Waals surface area (Å²) in [6, 6.07) is -0.471. The molecule has 0 fully saturated rings. The molecule has 72 valence electrons. The lowest BCUT2D eigenvalue weighted by atomic mass is 10.2. The van der Waals surface area contributed by atoms with Crippen molar-refractivity contribution in [2.75, 3.05) is 4.43 Å². The molecule has 0 saturated heterocycles. The molecule has 0 aromatic heterocycles. The highest BCUT2D eigenvalue weighted by atomic mass is 127. The van der Waals surface area contributed by atoms with Gasteiger partial charge >= 0.3 is 5.97 Å². The van der Waals surface area contributed by atoms with Gasteiger partial charge in [-0.15, -0.1) is 0 Å². The Bertz CT molecular complexity index is 154. The van der Waals surface area contributed by atoms with Crippen LogP contribution in [0, 0.1) is 0 Å². The van der Waals surface area contributed by atoms with Crippen molar-refractivity contribution >= 4 is 28.6 Å². The van der Waals surface area contributed by atoms with E-state index >= 15 is 0 Å². The lowest BCUT2D eigenvalue weighted by Crippen LogP contribution is -2.37. The summed E-state index contributed by atoms with van der Waals surface area (Å²) in [5.74, 6) is -0.306. The number of esters is 1. The Hall–Kier alpha value is 0.160. The van der Waals surface area contributed by atoms with E-state index in [2.05, 4.69) is 22.6 Å². The van der Waals surface area contributed by atoms with Gasteiger partial charge in [0.05, 0.1) is 0 Å². The molecule has 4 heteroatoms. The standard InChI is InChI=1S/C8H16INO2/c1-8(2,3)12-7(11)6(10)4-5-9/h6H,4-5,10H2,1-3H3/t6-/m0/s1. The van der Waals surface area contributed by atoms with Crippen LogP contribution in [-0.4, -0.2) is 22.0 Å². The van der Waals surface area contributed by atoms with Gasteiger partial charge in [-0.2, -0.15) is 0 Å². The van der Waals surface area contributed by atoms with Gasteiger partial charge in [0.1, 0.15) is 11.6 Å². The maximum atomic E-state index is 11.2. The molecule has 0 rings (SSSR count). The number of carbonyl (C=O) groups is 1. The molecule has 1 atom stereocenters. The third kappa shape index (κ3) is 5.77. The third-order valence-electron chi connectivity index (χ3n) is 1.13. The maximum Gasteiger partial charge on any atom is 0.323 e. The molecule has 0 aromatic carbocycles. The van der Waals surface area contributed by atoms with Gasteiger partial charge in [-0.25, -0.2) is 0 Å². The van der Waals surface area contributed by atoms with Crippen molar-refractivity contribution in [2.45, 2.75) is 38.8 Å². The highest BCUT2D eigenvalue weighted by molar-refractivity contribution is 14.1. The first-order valence-electron chi connectivity index (χ1n) is 3.91. The number of ether oxygens (including phenoxy) is 1. The summed E-state index contributed by atoms with van der Waals surface area (Å²) in [5, 5.41) is 0. The molecule has 0 aliphatic rings. The van der Waals surface area contributed by atoms with Crippen LogP contribution in [0.3, 0.4) is 0 Å². The number of hydrogen-bond donors (Lipinski definition) is 1. The Balaban J connectivity index is 3.87. The molecule has 0 spiro atoms. The van der Waals surface area contributed by atoms with Crippen molar-refractivity contribution < 1.29 is 9.53 Å². The first kappa shape index (κ1) is 12.2. The molecule has 0 saturated carbocycles. The topological polar surface area (TPSA) is 52.3 Å². The average molecular weight is 285 g/mol. The van der Waals surface area contributed by atoms with Gasteiger partial charge in [0, 0.05) is 4.43 Å². The summed E-state index contributed by atoms with van der Waals surface area (Å²) < 4.78 is 5.96. The highest BCUT2D eigenvalue weighted by Gasteiger charge is 2.21. The van der Waals surface area contributed by atoms with Gasteiger partial charge in [-0.1, -0.05) is 22.6 Å². The van der Waals surface area contributed by atoms with Crippen LogP contribution in [-0.2, 0) is 9.53 Å². The minimum Gasteiger partial charge on any atom is -0.459 e. The van der Waals surface area contributed by atoms with E-state index in [1.54, 1.807) is 0 Å². The minimum atomic E-state index is -0.471. The number of halogens is 1. The second-order valence-corrected chi connectivity index (χ2v) is 4.70. The molecule has 3 nitrogen and oxygen atoms in total. The number of hydrogen-bond acceptors (Lipinski definition) is 3. The fourth-order valence-electron chi connectivity index (χ4n) is 0.613. The van der Waals surface area contributed by atoms with Crippen molar-refractivity contribution in [1.82, 2.24) is 0 Å². The van der Waals surface area contributed by atoms with Crippen LogP contribution < -0.4 is 5.73 Å². The summed E-state index contributed by atoms with van der Waals surface area (Å²) >= 11 is 2.19. The summed E-state index contributed by atoms with van der Waals surface area (Å²) in [5.41, 5.74) is 5.12. The van der Waals surface area contributed by atoms with E-state index in [4.69, 9.17) is 10.5 Å². The quantitative estimate of drug-likeness (QED) is 0.485. The largest absolute Gasteiger partial charge is 0.459 e. The molecule has 0 amide bonds. The Morgan fingerprint density at radius 3 is 2.42 bits per heavy atom. The molecule has 0 aromatic rings. The average Bonchev–Trinajstić information content (AvgIpc) is 1.84. The monoisotopic (exact) mass is 285 g/mol. The van der Waals surface area contributed by atoms with E-state index in [9.17, 15) is 4.79 Å². The van der Waals surface area contributed by atoms with E-state index in [0.717, 1.165) is 4.43 Å². The molecule has 0 heterocycles. The van der Waals surface area contributed by atoms with Crippen molar-refractivity contribution in [2.24, 2.45) is 5.73 Å². The van der Waals surface area contributed by atoms with E-state index in [1.807, 2.05) is 20.8 Å².